The quantitative estimate of drug-likeness (QED) is 0.490. The summed E-state index contributed by atoms with van der Waals surface area (Å²) in [5.74, 6) is 0.654. The van der Waals surface area contributed by atoms with Crippen LogP contribution in [-0.4, -0.2) is 65.5 Å². The summed E-state index contributed by atoms with van der Waals surface area (Å²) in [5.41, 5.74) is 7.86. The van der Waals surface area contributed by atoms with Gasteiger partial charge in [-0.2, -0.15) is 5.26 Å². The first-order valence-electron chi connectivity index (χ1n) is 11.4. The second-order valence-electron chi connectivity index (χ2n) is 9.03. The van der Waals surface area contributed by atoms with Gasteiger partial charge >= 0.3 is 0 Å². The molecule has 0 saturated heterocycles. The molecule has 8 heteroatoms. The average molecular weight is 467 g/mol. The van der Waals surface area contributed by atoms with Crippen LogP contribution in [0.25, 0.3) is 33.5 Å². The minimum absolute atomic E-state index is 0.207. The molecule has 0 atom stereocenters. The van der Waals surface area contributed by atoms with Gasteiger partial charge in [0.25, 0.3) is 5.91 Å². The van der Waals surface area contributed by atoms with E-state index in [1.807, 2.05) is 18.3 Å². The molecule has 1 aliphatic heterocycles. The molecule has 0 fully saturated rings. The lowest BCUT2D eigenvalue weighted by Gasteiger charge is -2.27. The summed E-state index contributed by atoms with van der Waals surface area (Å²) in [6.07, 6.45) is 4.55. The van der Waals surface area contributed by atoms with E-state index >= 15 is 0 Å². The number of H-pyrrole nitrogens is 1. The molecule has 0 bridgehead atoms. The molecule has 0 aliphatic carbocycles. The van der Waals surface area contributed by atoms with Crippen molar-refractivity contribution >= 4 is 17.1 Å². The molecule has 176 valence electrons. The lowest BCUT2D eigenvalue weighted by atomic mass is 9.95. The third-order valence-corrected chi connectivity index (χ3v) is 6.48. The van der Waals surface area contributed by atoms with Crippen molar-refractivity contribution < 1.29 is 9.53 Å². The number of hydrogen-bond donors (Lipinski definition) is 1. The number of fused-ring (bicyclic) bond motifs is 2. The first-order valence-corrected chi connectivity index (χ1v) is 11.4. The number of nitrogens with zero attached hydrogens (tertiary/aromatic N) is 5. The van der Waals surface area contributed by atoms with Gasteiger partial charge in [0.15, 0.2) is 5.65 Å². The highest BCUT2D eigenvalue weighted by Crippen LogP contribution is 2.35. The molecule has 0 radical (unpaired) electrons. The van der Waals surface area contributed by atoms with Crippen molar-refractivity contribution in [1.29, 1.82) is 5.26 Å². The van der Waals surface area contributed by atoms with Crippen LogP contribution < -0.4 is 4.74 Å². The molecule has 4 aromatic rings. The summed E-state index contributed by atoms with van der Waals surface area (Å²) in [6, 6.07) is 11.6. The summed E-state index contributed by atoms with van der Waals surface area (Å²) < 4.78 is 5.72. The summed E-state index contributed by atoms with van der Waals surface area (Å²) in [6.45, 7) is 1.86. The summed E-state index contributed by atoms with van der Waals surface area (Å²) in [5, 5.41) is 9.67. The fraction of sp³-hybridized carbons (Fsp3) is 0.259. The standard InChI is InChI=1S/C27H26N6O2/c1-32(2)27(34)20-6-5-16(10-19(20)12-28)21-13-29-26-25(21)31-23(14-30-26)18-9-17-7-8-33(3)15-22(17)24(11-18)35-4/h5-6,9-11,13-14H,7-8,15H2,1-4H3,(H,29,30). The van der Waals surface area contributed by atoms with E-state index in [0.29, 0.717) is 22.3 Å². The van der Waals surface area contributed by atoms with Gasteiger partial charge in [-0.15, -0.1) is 0 Å². The molecule has 2 aromatic heterocycles. The lowest BCUT2D eigenvalue weighted by Crippen LogP contribution is -2.27. The van der Waals surface area contributed by atoms with Crippen molar-refractivity contribution in [3.63, 3.8) is 0 Å². The Balaban J connectivity index is 1.59. The maximum Gasteiger partial charge on any atom is 0.254 e. The smallest absolute Gasteiger partial charge is 0.254 e. The zero-order valence-corrected chi connectivity index (χ0v) is 20.2. The fourth-order valence-electron chi connectivity index (χ4n) is 4.58. The van der Waals surface area contributed by atoms with Crippen molar-refractivity contribution in [2.45, 2.75) is 13.0 Å². The molecule has 35 heavy (non-hydrogen) atoms. The molecule has 0 unspecified atom stereocenters. The van der Waals surface area contributed by atoms with Crippen LogP contribution in [0, 0.1) is 11.3 Å². The fourth-order valence-corrected chi connectivity index (χ4v) is 4.58. The number of carbonyl (C=O) groups is 1. The number of likely N-dealkylation sites (N-methyl/N-ethyl adjacent to an activating group) is 1. The Morgan fingerprint density at radius 2 is 2.06 bits per heavy atom. The number of methoxy groups -OCH3 is 1. The topological polar surface area (TPSA) is 98.1 Å². The van der Waals surface area contributed by atoms with Gasteiger partial charge in [0.2, 0.25) is 0 Å². The Morgan fingerprint density at radius 1 is 1.23 bits per heavy atom. The molecule has 5 rings (SSSR count). The normalized spacial score (nSPS) is 13.3. The number of hydrogen-bond acceptors (Lipinski definition) is 6. The second kappa shape index (κ2) is 8.85. The molecular formula is C27H26N6O2. The summed E-state index contributed by atoms with van der Waals surface area (Å²) in [4.78, 5) is 28.9. The molecule has 1 aliphatic rings. The van der Waals surface area contributed by atoms with Gasteiger partial charge in [-0.3, -0.25) is 4.79 Å². The summed E-state index contributed by atoms with van der Waals surface area (Å²) >= 11 is 0. The maximum atomic E-state index is 12.4. The number of nitrogens with one attached hydrogen (secondary N) is 1. The zero-order chi connectivity index (χ0) is 24.7. The number of aromatic amines is 1. The minimum Gasteiger partial charge on any atom is -0.496 e. The highest BCUT2D eigenvalue weighted by molar-refractivity contribution is 5.98. The predicted octanol–water partition coefficient (Wildman–Crippen LogP) is 3.86. The van der Waals surface area contributed by atoms with Crippen molar-refractivity contribution in [2.24, 2.45) is 0 Å². The second-order valence-corrected chi connectivity index (χ2v) is 9.03. The third kappa shape index (κ3) is 4.00. The Bertz CT molecular complexity index is 1480. The molecule has 1 N–H and O–H groups in total. The van der Waals surface area contributed by atoms with Crippen LogP contribution in [0.15, 0.2) is 42.7 Å². The SMILES string of the molecule is COc1cc(-c2cnc3[nH]cc(-c4ccc(C(=O)N(C)C)c(C#N)c4)c3n2)cc2c1CN(C)CC2. The van der Waals surface area contributed by atoms with Crippen molar-refractivity contribution in [1.82, 2.24) is 24.8 Å². The van der Waals surface area contributed by atoms with Crippen molar-refractivity contribution in [2.75, 3.05) is 34.8 Å². The van der Waals surface area contributed by atoms with Crippen LogP contribution in [-0.2, 0) is 13.0 Å². The van der Waals surface area contributed by atoms with Crippen LogP contribution >= 0.6 is 0 Å². The number of carbonyl (C=O) groups excluding carboxylic acids is 1. The molecular weight excluding hydrogens is 440 g/mol. The van der Waals surface area contributed by atoms with E-state index in [1.165, 1.54) is 16.0 Å². The Hall–Kier alpha value is -4.22. The van der Waals surface area contributed by atoms with Crippen molar-refractivity contribution in [3.05, 3.63) is 65.0 Å². The predicted molar refractivity (Wildman–Crippen MR) is 134 cm³/mol. The lowest BCUT2D eigenvalue weighted by molar-refractivity contribution is 0.0827. The first-order chi connectivity index (χ1) is 16.9. The van der Waals surface area contributed by atoms with Crippen molar-refractivity contribution in [3.8, 4) is 34.2 Å². The van der Waals surface area contributed by atoms with E-state index in [2.05, 4.69) is 34.1 Å². The van der Waals surface area contributed by atoms with E-state index in [4.69, 9.17) is 9.72 Å². The monoisotopic (exact) mass is 466 g/mol. The van der Waals surface area contributed by atoms with E-state index < -0.39 is 0 Å². The number of benzene rings is 2. The summed E-state index contributed by atoms with van der Waals surface area (Å²) in [7, 11) is 7.15. The molecule has 0 spiro atoms. The van der Waals surface area contributed by atoms with Gasteiger partial charge in [0.1, 0.15) is 11.3 Å². The van der Waals surface area contributed by atoms with E-state index in [0.717, 1.165) is 47.6 Å². The Kier molecular flexibility index (Phi) is 5.71. The Labute approximate surface area is 203 Å². The van der Waals surface area contributed by atoms with Gasteiger partial charge < -0.3 is 19.5 Å². The number of ether oxygens (including phenoxy) is 1. The van der Waals surface area contributed by atoms with E-state index in [1.54, 1.807) is 39.5 Å². The molecule has 2 aromatic carbocycles. The van der Waals surface area contributed by atoms with Crippen LogP contribution in [0.5, 0.6) is 5.75 Å². The minimum atomic E-state index is -0.207. The van der Waals surface area contributed by atoms with Gasteiger partial charge in [0, 0.05) is 50.1 Å². The number of amides is 1. The number of nitriles is 1. The van der Waals surface area contributed by atoms with E-state index in [-0.39, 0.29) is 5.91 Å². The van der Waals surface area contributed by atoms with Crippen LogP contribution in [0.4, 0.5) is 0 Å². The largest absolute Gasteiger partial charge is 0.496 e. The van der Waals surface area contributed by atoms with Crippen LogP contribution in [0.1, 0.15) is 27.0 Å². The molecule has 1 amide bonds. The average Bonchev–Trinajstić information content (AvgIpc) is 3.30. The molecule has 0 saturated carbocycles. The zero-order valence-electron chi connectivity index (χ0n) is 20.2. The molecule has 8 nitrogen and oxygen atoms in total. The Morgan fingerprint density at radius 3 is 2.80 bits per heavy atom. The van der Waals surface area contributed by atoms with Gasteiger partial charge in [-0.05, 0) is 48.9 Å². The van der Waals surface area contributed by atoms with Crippen LogP contribution in [0.3, 0.4) is 0 Å². The third-order valence-electron chi connectivity index (χ3n) is 6.48. The molecule has 3 heterocycles. The van der Waals surface area contributed by atoms with Gasteiger partial charge in [0.05, 0.1) is 36.2 Å². The van der Waals surface area contributed by atoms with E-state index in [9.17, 15) is 10.1 Å². The highest BCUT2D eigenvalue weighted by Gasteiger charge is 2.21. The number of rotatable bonds is 4. The number of aromatic nitrogens is 3. The van der Waals surface area contributed by atoms with Gasteiger partial charge in [-0.25, -0.2) is 9.97 Å². The van der Waals surface area contributed by atoms with Gasteiger partial charge in [-0.1, -0.05) is 6.07 Å². The highest BCUT2D eigenvalue weighted by atomic mass is 16.5. The maximum absolute atomic E-state index is 12.4. The first kappa shape index (κ1) is 22.6. The van der Waals surface area contributed by atoms with Crippen LogP contribution in [0.2, 0.25) is 0 Å².